The third-order valence-corrected chi connectivity index (χ3v) is 4.58. The monoisotopic (exact) mass is 278 g/mol. The first kappa shape index (κ1) is 15.5. The lowest BCUT2D eigenvalue weighted by molar-refractivity contribution is 0.179. The molecule has 2 rings (SSSR count). The summed E-state index contributed by atoms with van der Waals surface area (Å²) in [7, 11) is 2.06. The Morgan fingerprint density at radius 1 is 1.45 bits per heavy atom. The maximum Gasteiger partial charge on any atom is 0.0625 e. The Bertz CT molecular complexity index is 424. The first-order valence-electron chi connectivity index (χ1n) is 8.00. The van der Waals surface area contributed by atoms with Crippen molar-refractivity contribution in [1.29, 1.82) is 0 Å². The minimum atomic E-state index is 0.596. The van der Waals surface area contributed by atoms with Crippen LogP contribution in [-0.4, -0.2) is 39.9 Å². The van der Waals surface area contributed by atoms with Gasteiger partial charge < -0.3 is 5.32 Å². The van der Waals surface area contributed by atoms with Gasteiger partial charge in [-0.2, -0.15) is 5.10 Å². The summed E-state index contributed by atoms with van der Waals surface area (Å²) in [5, 5.41) is 8.27. The molecule has 20 heavy (non-hydrogen) atoms. The van der Waals surface area contributed by atoms with Crippen molar-refractivity contribution >= 4 is 0 Å². The molecule has 0 spiro atoms. The van der Waals surface area contributed by atoms with Gasteiger partial charge in [-0.25, -0.2) is 0 Å². The highest BCUT2D eigenvalue weighted by Crippen LogP contribution is 2.17. The quantitative estimate of drug-likeness (QED) is 0.916. The van der Waals surface area contributed by atoms with Crippen molar-refractivity contribution < 1.29 is 0 Å². The van der Waals surface area contributed by atoms with E-state index in [9.17, 15) is 0 Å². The predicted molar refractivity (Wildman–Crippen MR) is 83.7 cm³/mol. The number of rotatable bonds is 4. The normalized spacial score (nSPS) is 25.1. The van der Waals surface area contributed by atoms with E-state index in [2.05, 4.69) is 56.1 Å². The molecule has 4 heteroatoms. The average Bonchev–Trinajstić information content (AvgIpc) is 2.65. The standard InChI is InChI=1S/C16H30N4/c1-6-14-9-15(19(5)18-14)10-20-11-16(12(2)3)17-8-7-13(20)4/h9,12-13,16-17H,6-8,10-11H2,1-5H3. The maximum absolute atomic E-state index is 4.57. The van der Waals surface area contributed by atoms with E-state index < -0.39 is 0 Å². The van der Waals surface area contributed by atoms with E-state index in [0.29, 0.717) is 18.0 Å². The first-order chi connectivity index (χ1) is 9.51. The van der Waals surface area contributed by atoms with Crippen molar-refractivity contribution in [1.82, 2.24) is 20.0 Å². The van der Waals surface area contributed by atoms with E-state index in [1.165, 1.54) is 17.8 Å². The fourth-order valence-corrected chi connectivity index (χ4v) is 2.92. The molecule has 0 saturated carbocycles. The molecule has 2 heterocycles. The van der Waals surface area contributed by atoms with E-state index >= 15 is 0 Å². The molecule has 1 aliphatic rings. The van der Waals surface area contributed by atoms with Crippen molar-refractivity contribution in [3.8, 4) is 0 Å². The van der Waals surface area contributed by atoms with Crippen LogP contribution in [-0.2, 0) is 20.0 Å². The Labute approximate surface area is 123 Å². The van der Waals surface area contributed by atoms with Crippen LogP contribution in [0.3, 0.4) is 0 Å². The topological polar surface area (TPSA) is 33.1 Å². The largest absolute Gasteiger partial charge is 0.312 e. The average molecular weight is 278 g/mol. The molecular formula is C16H30N4. The third-order valence-electron chi connectivity index (χ3n) is 4.58. The summed E-state index contributed by atoms with van der Waals surface area (Å²) in [5.41, 5.74) is 2.53. The van der Waals surface area contributed by atoms with Gasteiger partial charge in [-0.05, 0) is 38.3 Å². The summed E-state index contributed by atoms with van der Waals surface area (Å²) in [6, 6.07) is 3.49. The first-order valence-corrected chi connectivity index (χ1v) is 8.00. The van der Waals surface area contributed by atoms with Crippen LogP contribution in [0.25, 0.3) is 0 Å². The molecule has 1 fully saturated rings. The van der Waals surface area contributed by atoms with Gasteiger partial charge >= 0.3 is 0 Å². The fourth-order valence-electron chi connectivity index (χ4n) is 2.92. The third kappa shape index (κ3) is 3.61. The summed E-state index contributed by atoms with van der Waals surface area (Å²) >= 11 is 0. The molecule has 0 aliphatic carbocycles. The molecule has 2 unspecified atom stereocenters. The van der Waals surface area contributed by atoms with Crippen LogP contribution in [0.2, 0.25) is 0 Å². The van der Waals surface area contributed by atoms with Gasteiger partial charge in [0.25, 0.3) is 0 Å². The van der Waals surface area contributed by atoms with E-state index in [4.69, 9.17) is 0 Å². The van der Waals surface area contributed by atoms with Gasteiger partial charge in [-0.3, -0.25) is 9.58 Å². The molecule has 4 nitrogen and oxygen atoms in total. The molecule has 0 bridgehead atoms. The summed E-state index contributed by atoms with van der Waals surface area (Å²) in [6.07, 6.45) is 2.24. The van der Waals surface area contributed by atoms with Gasteiger partial charge in [0.1, 0.15) is 0 Å². The maximum atomic E-state index is 4.57. The smallest absolute Gasteiger partial charge is 0.0625 e. The minimum Gasteiger partial charge on any atom is -0.312 e. The van der Waals surface area contributed by atoms with Gasteiger partial charge in [-0.15, -0.1) is 0 Å². The van der Waals surface area contributed by atoms with Crippen molar-refractivity contribution in [2.45, 2.75) is 59.2 Å². The van der Waals surface area contributed by atoms with Crippen molar-refractivity contribution in [2.75, 3.05) is 13.1 Å². The molecular weight excluding hydrogens is 248 g/mol. The van der Waals surface area contributed by atoms with Gasteiger partial charge in [0.05, 0.1) is 11.4 Å². The highest BCUT2D eigenvalue weighted by atomic mass is 15.3. The van der Waals surface area contributed by atoms with E-state index in [-0.39, 0.29) is 0 Å². The molecule has 1 saturated heterocycles. The van der Waals surface area contributed by atoms with Gasteiger partial charge in [0.2, 0.25) is 0 Å². The zero-order valence-electron chi connectivity index (χ0n) is 13.7. The number of nitrogens with one attached hydrogen (secondary N) is 1. The minimum absolute atomic E-state index is 0.596. The molecule has 1 aliphatic heterocycles. The van der Waals surface area contributed by atoms with Gasteiger partial charge in [-0.1, -0.05) is 20.8 Å². The van der Waals surface area contributed by atoms with Crippen molar-refractivity contribution in [2.24, 2.45) is 13.0 Å². The second-order valence-electron chi connectivity index (χ2n) is 6.48. The number of aryl methyl sites for hydroxylation is 2. The molecule has 1 aromatic heterocycles. The molecule has 0 radical (unpaired) electrons. The van der Waals surface area contributed by atoms with E-state index in [0.717, 1.165) is 26.1 Å². The number of hydrogen-bond donors (Lipinski definition) is 1. The SMILES string of the molecule is CCc1cc(CN2CC(C(C)C)NCCC2C)n(C)n1. The molecule has 2 atom stereocenters. The van der Waals surface area contributed by atoms with E-state index in [1.54, 1.807) is 0 Å². The second kappa shape index (κ2) is 6.72. The molecule has 0 amide bonds. The highest BCUT2D eigenvalue weighted by molar-refractivity contribution is 5.10. The number of aromatic nitrogens is 2. The Hall–Kier alpha value is -0.870. The Morgan fingerprint density at radius 2 is 2.20 bits per heavy atom. The van der Waals surface area contributed by atoms with Crippen LogP contribution >= 0.6 is 0 Å². The van der Waals surface area contributed by atoms with E-state index in [1.807, 2.05) is 4.68 Å². The van der Waals surface area contributed by atoms with Crippen LogP contribution in [0.15, 0.2) is 6.07 Å². The zero-order chi connectivity index (χ0) is 14.7. The zero-order valence-corrected chi connectivity index (χ0v) is 13.7. The van der Waals surface area contributed by atoms with Crippen LogP contribution in [0.1, 0.15) is 45.5 Å². The number of hydrogen-bond acceptors (Lipinski definition) is 3. The summed E-state index contributed by atoms with van der Waals surface area (Å²) in [5.74, 6) is 0.681. The van der Waals surface area contributed by atoms with Crippen LogP contribution < -0.4 is 5.32 Å². The highest BCUT2D eigenvalue weighted by Gasteiger charge is 2.25. The second-order valence-corrected chi connectivity index (χ2v) is 6.48. The van der Waals surface area contributed by atoms with Gasteiger partial charge in [0.15, 0.2) is 0 Å². The van der Waals surface area contributed by atoms with Crippen LogP contribution in [0.5, 0.6) is 0 Å². The number of nitrogens with zero attached hydrogens (tertiary/aromatic N) is 3. The molecule has 1 aromatic rings. The molecule has 1 N–H and O–H groups in total. The summed E-state index contributed by atoms with van der Waals surface area (Å²) in [4.78, 5) is 2.61. The summed E-state index contributed by atoms with van der Waals surface area (Å²) in [6.45, 7) is 12.4. The summed E-state index contributed by atoms with van der Waals surface area (Å²) < 4.78 is 2.05. The molecule has 114 valence electrons. The van der Waals surface area contributed by atoms with Crippen molar-refractivity contribution in [3.63, 3.8) is 0 Å². The predicted octanol–water partition coefficient (Wildman–Crippen LogP) is 2.19. The van der Waals surface area contributed by atoms with Crippen LogP contribution in [0, 0.1) is 5.92 Å². The van der Waals surface area contributed by atoms with Crippen LogP contribution in [0.4, 0.5) is 0 Å². The van der Waals surface area contributed by atoms with Crippen molar-refractivity contribution in [3.05, 3.63) is 17.5 Å². The Balaban J connectivity index is 2.09. The Morgan fingerprint density at radius 3 is 2.80 bits per heavy atom. The molecule has 0 aromatic carbocycles. The van der Waals surface area contributed by atoms with Gasteiger partial charge in [0, 0.05) is 32.2 Å². The lowest BCUT2D eigenvalue weighted by atomic mass is 10.0. The lowest BCUT2D eigenvalue weighted by Crippen LogP contribution is -2.42. The Kier molecular flexibility index (Phi) is 5.22. The lowest BCUT2D eigenvalue weighted by Gasteiger charge is -2.30. The fraction of sp³-hybridized carbons (Fsp3) is 0.812.